The fourth-order valence-electron chi connectivity index (χ4n) is 5.29. The maximum atomic E-state index is 15.2. The van der Waals surface area contributed by atoms with Crippen LogP contribution in [0.15, 0.2) is 42.5 Å². The third-order valence-electron chi connectivity index (χ3n) is 6.97. The highest BCUT2D eigenvalue weighted by Crippen LogP contribution is 2.34. The Balaban J connectivity index is 1.25. The molecule has 2 bridgehead atoms. The van der Waals surface area contributed by atoms with E-state index in [-0.39, 0.29) is 36.7 Å². The van der Waals surface area contributed by atoms with Gasteiger partial charge in [-0.15, -0.1) is 0 Å². The second-order valence-electron chi connectivity index (χ2n) is 9.37. The number of fused-ring (bicyclic) bond motifs is 2. The lowest BCUT2D eigenvalue weighted by molar-refractivity contribution is -0.128. The largest absolute Gasteiger partial charge is 0.371 e. The van der Waals surface area contributed by atoms with Crippen LogP contribution < -0.4 is 9.80 Å². The van der Waals surface area contributed by atoms with Gasteiger partial charge in [0.1, 0.15) is 11.6 Å². The standard InChI is InChI=1S/C26H28ClFN2O3/c27-19-5-3-17(4-6-19)12-21(31)13-18-2-1-11-30(26(18)32)25-10-7-20(14-24(25)28)29-15-22-8-9-23(16-29)33-22/h3-7,10,14,18,22-23H,1-2,8-9,11-13,15-16H2/t18-,22-,23+/m0/s1. The summed E-state index contributed by atoms with van der Waals surface area (Å²) in [6.07, 6.45) is 4.41. The molecule has 3 fully saturated rings. The van der Waals surface area contributed by atoms with Crippen molar-refractivity contribution in [2.24, 2.45) is 5.92 Å². The lowest BCUT2D eigenvalue weighted by Crippen LogP contribution is -2.43. The maximum Gasteiger partial charge on any atom is 0.230 e. The van der Waals surface area contributed by atoms with E-state index in [1.165, 1.54) is 11.0 Å². The Hall–Kier alpha value is -2.44. The van der Waals surface area contributed by atoms with Crippen LogP contribution in [0, 0.1) is 11.7 Å². The summed E-state index contributed by atoms with van der Waals surface area (Å²) in [5, 5.41) is 0.623. The van der Waals surface area contributed by atoms with E-state index < -0.39 is 11.7 Å². The second-order valence-corrected chi connectivity index (χ2v) is 9.81. The van der Waals surface area contributed by atoms with Gasteiger partial charge in [0.25, 0.3) is 0 Å². The Kier molecular flexibility index (Phi) is 6.39. The summed E-state index contributed by atoms with van der Waals surface area (Å²) in [6, 6.07) is 12.3. The predicted octanol–water partition coefficient (Wildman–Crippen LogP) is 4.79. The van der Waals surface area contributed by atoms with Crippen molar-refractivity contribution in [3.05, 3.63) is 58.9 Å². The molecule has 3 saturated heterocycles. The summed E-state index contributed by atoms with van der Waals surface area (Å²) in [5.41, 5.74) is 2.01. The molecule has 0 radical (unpaired) electrons. The zero-order valence-corrected chi connectivity index (χ0v) is 19.3. The maximum absolute atomic E-state index is 15.2. The molecule has 2 aromatic rings. The average Bonchev–Trinajstić information content (AvgIpc) is 3.14. The van der Waals surface area contributed by atoms with E-state index in [0.29, 0.717) is 23.7 Å². The van der Waals surface area contributed by atoms with Crippen LogP contribution in [0.4, 0.5) is 15.8 Å². The van der Waals surface area contributed by atoms with Gasteiger partial charge >= 0.3 is 0 Å². The number of piperidine rings is 1. The topological polar surface area (TPSA) is 49.9 Å². The molecule has 3 aliphatic rings. The molecule has 0 aliphatic carbocycles. The molecular formula is C26H28ClFN2O3. The highest BCUT2D eigenvalue weighted by molar-refractivity contribution is 6.30. The summed E-state index contributed by atoms with van der Waals surface area (Å²) in [7, 11) is 0. The zero-order valence-electron chi connectivity index (χ0n) is 18.5. The summed E-state index contributed by atoms with van der Waals surface area (Å²) >= 11 is 5.91. The van der Waals surface area contributed by atoms with Gasteiger partial charge in [-0.25, -0.2) is 4.39 Å². The molecule has 174 valence electrons. The third kappa shape index (κ3) is 4.92. The molecule has 7 heteroatoms. The number of ether oxygens (including phenoxy) is 1. The minimum atomic E-state index is -0.410. The smallest absolute Gasteiger partial charge is 0.230 e. The van der Waals surface area contributed by atoms with E-state index in [1.807, 2.05) is 18.2 Å². The molecule has 5 nitrogen and oxygen atoms in total. The molecular weight excluding hydrogens is 443 g/mol. The van der Waals surface area contributed by atoms with Crippen LogP contribution in [0.1, 0.15) is 37.7 Å². The Labute approximate surface area is 198 Å². The number of carbonyl (C=O) groups excluding carboxylic acids is 2. The molecule has 0 unspecified atom stereocenters. The number of halogens is 2. The highest BCUT2D eigenvalue weighted by atomic mass is 35.5. The Morgan fingerprint density at radius 2 is 1.79 bits per heavy atom. The third-order valence-corrected chi connectivity index (χ3v) is 7.22. The van der Waals surface area contributed by atoms with Crippen LogP contribution in [-0.4, -0.2) is 43.5 Å². The molecule has 3 atom stereocenters. The van der Waals surface area contributed by atoms with E-state index in [1.54, 1.807) is 18.2 Å². The van der Waals surface area contributed by atoms with Crippen LogP contribution >= 0.6 is 11.6 Å². The van der Waals surface area contributed by atoms with Gasteiger partial charge in [-0.3, -0.25) is 9.59 Å². The first kappa shape index (κ1) is 22.4. The van der Waals surface area contributed by atoms with E-state index in [0.717, 1.165) is 43.6 Å². The lowest BCUT2D eigenvalue weighted by Gasteiger charge is -2.35. The van der Waals surface area contributed by atoms with Crippen LogP contribution in [0.3, 0.4) is 0 Å². The number of hydrogen-bond acceptors (Lipinski definition) is 4. The molecule has 2 aromatic carbocycles. The van der Waals surface area contributed by atoms with Gasteiger partial charge in [0.2, 0.25) is 5.91 Å². The molecule has 0 saturated carbocycles. The molecule has 0 aromatic heterocycles. The molecule has 0 spiro atoms. The summed E-state index contributed by atoms with van der Waals surface area (Å²) in [5.74, 6) is -0.961. The van der Waals surface area contributed by atoms with Crippen molar-refractivity contribution in [3.63, 3.8) is 0 Å². The van der Waals surface area contributed by atoms with Crippen LogP contribution in [0.5, 0.6) is 0 Å². The Morgan fingerprint density at radius 1 is 1.06 bits per heavy atom. The molecule has 0 N–H and O–H groups in total. The number of ketones is 1. The number of benzene rings is 2. The van der Waals surface area contributed by atoms with E-state index in [4.69, 9.17) is 16.3 Å². The fourth-order valence-corrected chi connectivity index (χ4v) is 5.42. The monoisotopic (exact) mass is 470 g/mol. The average molecular weight is 471 g/mol. The normalized spacial score (nSPS) is 24.9. The number of hydrogen-bond donors (Lipinski definition) is 0. The quantitative estimate of drug-likeness (QED) is 0.609. The van der Waals surface area contributed by atoms with Crippen molar-refractivity contribution < 1.29 is 18.7 Å². The summed E-state index contributed by atoms with van der Waals surface area (Å²) in [4.78, 5) is 29.5. The van der Waals surface area contributed by atoms with Gasteiger partial charge in [0, 0.05) is 49.1 Å². The molecule has 33 heavy (non-hydrogen) atoms. The first-order valence-electron chi connectivity index (χ1n) is 11.7. The molecule has 5 rings (SSSR count). The molecule has 3 aliphatic heterocycles. The van der Waals surface area contributed by atoms with Crippen LogP contribution in [0.2, 0.25) is 5.02 Å². The number of anilines is 2. The fraction of sp³-hybridized carbons (Fsp3) is 0.462. The number of amides is 1. The van der Waals surface area contributed by atoms with Gasteiger partial charge in [-0.1, -0.05) is 23.7 Å². The van der Waals surface area contributed by atoms with E-state index in [2.05, 4.69) is 4.90 Å². The van der Waals surface area contributed by atoms with Gasteiger partial charge in [-0.2, -0.15) is 0 Å². The Morgan fingerprint density at radius 3 is 2.48 bits per heavy atom. The van der Waals surface area contributed by atoms with E-state index >= 15 is 4.39 Å². The zero-order chi connectivity index (χ0) is 22.9. The number of rotatable bonds is 6. The second kappa shape index (κ2) is 9.43. The predicted molar refractivity (Wildman–Crippen MR) is 126 cm³/mol. The number of carbonyl (C=O) groups is 2. The first-order valence-corrected chi connectivity index (χ1v) is 12.1. The van der Waals surface area contributed by atoms with Crippen LogP contribution in [-0.2, 0) is 20.7 Å². The van der Waals surface area contributed by atoms with Gasteiger partial charge < -0.3 is 14.5 Å². The van der Waals surface area contributed by atoms with Crippen molar-refractivity contribution >= 4 is 34.7 Å². The van der Waals surface area contributed by atoms with Gasteiger partial charge in [0.05, 0.1) is 17.9 Å². The SMILES string of the molecule is O=C(Cc1ccc(Cl)cc1)C[C@@H]1CCCN(c2ccc(N3C[C@H]4CC[C@@H](C3)O4)cc2F)C1=O. The number of morpholine rings is 1. The van der Waals surface area contributed by atoms with Crippen molar-refractivity contribution in [3.8, 4) is 0 Å². The first-order chi connectivity index (χ1) is 16.0. The number of Topliss-reactive ketones (excluding diaryl/α,β-unsaturated/α-hetero) is 1. The molecule has 3 heterocycles. The van der Waals surface area contributed by atoms with Crippen molar-refractivity contribution in [2.45, 2.75) is 50.7 Å². The van der Waals surface area contributed by atoms with Crippen molar-refractivity contribution in [1.82, 2.24) is 0 Å². The highest BCUT2D eigenvalue weighted by Gasteiger charge is 2.35. The van der Waals surface area contributed by atoms with Crippen LogP contribution in [0.25, 0.3) is 0 Å². The molecule has 1 amide bonds. The minimum Gasteiger partial charge on any atom is -0.371 e. The van der Waals surface area contributed by atoms with Crippen molar-refractivity contribution in [1.29, 1.82) is 0 Å². The van der Waals surface area contributed by atoms with Gasteiger partial charge in [-0.05, 0) is 61.6 Å². The van der Waals surface area contributed by atoms with Crippen molar-refractivity contribution in [2.75, 3.05) is 29.4 Å². The number of nitrogens with zero attached hydrogens (tertiary/aromatic N) is 2. The Bertz CT molecular complexity index is 1030. The van der Waals surface area contributed by atoms with Gasteiger partial charge in [0.15, 0.2) is 0 Å². The minimum absolute atomic E-state index is 0.00953. The lowest BCUT2D eigenvalue weighted by atomic mass is 9.90. The summed E-state index contributed by atoms with van der Waals surface area (Å²) in [6.45, 7) is 2.02. The van der Waals surface area contributed by atoms with E-state index in [9.17, 15) is 9.59 Å². The summed E-state index contributed by atoms with van der Waals surface area (Å²) < 4.78 is 21.0.